The van der Waals surface area contributed by atoms with Gasteiger partial charge in [-0.1, -0.05) is 6.07 Å². The number of amides is 1. The highest BCUT2D eigenvalue weighted by Gasteiger charge is 2.29. The van der Waals surface area contributed by atoms with Gasteiger partial charge in [0, 0.05) is 36.9 Å². The Hall–Kier alpha value is -2.89. The second-order valence-corrected chi connectivity index (χ2v) is 6.05. The van der Waals surface area contributed by atoms with Gasteiger partial charge in [-0.2, -0.15) is 5.10 Å². The van der Waals surface area contributed by atoms with E-state index in [-0.39, 0.29) is 12.0 Å². The lowest BCUT2D eigenvalue weighted by Gasteiger charge is -2.16. The molecule has 1 atom stereocenters. The van der Waals surface area contributed by atoms with E-state index < -0.39 is 0 Å². The number of hydrogen-bond donors (Lipinski definition) is 0. The number of fused-ring (bicyclic) bond motifs is 1. The van der Waals surface area contributed by atoms with Crippen molar-refractivity contribution >= 4 is 11.4 Å². The predicted molar refractivity (Wildman–Crippen MR) is 89.1 cm³/mol. The van der Waals surface area contributed by atoms with Gasteiger partial charge in [-0.15, -0.1) is 5.10 Å². The molecular weight excluding hydrogens is 304 g/mol. The molecule has 6 nitrogen and oxygen atoms in total. The number of aromatic nitrogens is 3. The van der Waals surface area contributed by atoms with Crippen molar-refractivity contribution < 1.29 is 9.53 Å². The molecule has 0 N–H and O–H groups in total. The van der Waals surface area contributed by atoms with E-state index in [1.165, 1.54) is 0 Å². The zero-order valence-electron chi connectivity index (χ0n) is 13.4. The summed E-state index contributed by atoms with van der Waals surface area (Å²) in [5, 5.41) is 8.01. The summed E-state index contributed by atoms with van der Waals surface area (Å²) < 4.78 is 7.79. The van der Waals surface area contributed by atoms with Gasteiger partial charge in [-0.25, -0.2) is 0 Å². The van der Waals surface area contributed by atoms with Crippen LogP contribution in [0.3, 0.4) is 0 Å². The van der Waals surface area contributed by atoms with E-state index >= 15 is 0 Å². The van der Waals surface area contributed by atoms with E-state index in [1.807, 2.05) is 65.0 Å². The number of carbonyl (C=O) groups excluding carboxylic acids is 1. The molecule has 0 bridgehead atoms. The average Bonchev–Trinajstić information content (AvgIpc) is 3.23. The average molecular weight is 322 g/mol. The van der Waals surface area contributed by atoms with Gasteiger partial charge in [0.1, 0.15) is 6.10 Å². The Labute approximate surface area is 139 Å². The van der Waals surface area contributed by atoms with Gasteiger partial charge in [0.15, 0.2) is 0 Å². The Morgan fingerprint density at radius 1 is 1.25 bits per heavy atom. The summed E-state index contributed by atoms with van der Waals surface area (Å²) in [6.07, 6.45) is 4.58. The summed E-state index contributed by atoms with van der Waals surface area (Å²) in [4.78, 5) is 14.5. The van der Waals surface area contributed by atoms with Gasteiger partial charge in [0.25, 0.3) is 5.91 Å². The molecule has 0 radical (unpaired) electrons. The minimum Gasteiger partial charge on any atom is -0.471 e. The largest absolute Gasteiger partial charge is 0.471 e. The molecule has 24 heavy (non-hydrogen) atoms. The van der Waals surface area contributed by atoms with Crippen LogP contribution in [0.4, 0.5) is 0 Å². The predicted octanol–water partition coefficient (Wildman–Crippen LogP) is 2.33. The molecule has 1 amide bonds. The normalized spacial score (nSPS) is 17.4. The Balaban J connectivity index is 1.44. The number of aryl methyl sites for hydroxylation is 1. The van der Waals surface area contributed by atoms with Crippen LogP contribution in [0.1, 0.15) is 22.5 Å². The van der Waals surface area contributed by atoms with Crippen molar-refractivity contribution in [3.8, 4) is 5.88 Å². The molecule has 0 spiro atoms. The summed E-state index contributed by atoms with van der Waals surface area (Å²) in [5.74, 6) is 0.550. The first-order valence-corrected chi connectivity index (χ1v) is 8.02. The number of ether oxygens (including phenoxy) is 1. The molecule has 1 saturated heterocycles. The number of nitrogens with zero attached hydrogens (tertiary/aromatic N) is 4. The van der Waals surface area contributed by atoms with Crippen molar-refractivity contribution in [3.63, 3.8) is 0 Å². The summed E-state index contributed by atoms with van der Waals surface area (Å²) in [7, 11) is 0. The van der Waals surface area contributed by atoms with Crippen molar-refractivity contribution in [2.75, 3.05) is 13.1 Å². The summed E-state index contributed by atoms with van der Waals surface area (Å²) in [6.45, 7) is 3.14. The standard InChI is InChI=1S/C18H18N4O2/c1-13-5-6-17(20-19-13)24-16-7-9-22(12-16)18(23)14-10-15-4-2-3-8-21(15)11-14/h2-6,8,10-11,16H,7,9,12H2,1H3/t16-/m1/s1. The number of likely N-dealkylation sites (tertiary alicyclic amines) is 1. The first kappa shape index (κ1) is 14.7. The summed E-state index contributed by atoms with van der Waals surface area (Å²) in [6, 6.07) is 11.5. The smallest absolute Gasteiger partial charge is 0.255 e. The van der Waals surface area contributed by atoms with E-state index in [0.29, 0.717) is 24.5 Å². The fourth-order valence-corrected chi connectivity index (χ4v) is 2.98. The third-order valence-corrected chi connectivity index (χ3v) is 4.24. The topological polar surface area (TPSA) is 59.7 Å². The lowest BCUT2D eigenvalue weighted by Crippen LogP contribution is -2.30. The highest BCUT2D eigenvalue weighted by atomic mass is 16.5. The van der Waals surface area contributed by atoms with Crippen molar-refractivity contribution in [1.29, 1.82) is 0 Å². The van der Waals surface area contributed by atoms with Gasteiger partial charge in [-0.3, -0.25) is 4.79 Å². The Kier molecular flexibility index (Phi) is 3.65. The van der Waals surface area contributed by atoms with Crippen LogP contribution in [0.15, 0.2) is 48.8 Å². The van der Waals surface area contributed by atoms with Crippen LogP contribution in [0.2, 0.25) is 0 Å². The third-order valence-electron chi connectivity index (χ3n) is 4.24. The maximum absolute atomic E-state index is 12.7. The highest BCUT2D eigenvalue weighted by Crippen LogP contribution is 2.19. The Morgan fingerprint density at radius 3 is 2.96 bits per heavy atom. The zero-order valence-corrected chi connectivity index (χ0v) is 13.4. The van der Waals surface area contributed by atoms with Crippen LogP contribution < -0.4 is 4.74 Å². The van der Waals surface area contributed by atoms with E-state index in [9.17, 15) is 4.79 Å². The molecule has 6 heteroatoms. The number of hydrogen-bond acceptors (Lipinski definition) is 4. The van der Waals surface area contributed by atoms with Gasteiger partial charge in [0.2, 0.25) is 5.88 Å². The monoisotopic (exact) mass is 322 g/mol. The zero-order chi connectivity index (χ0) is 16.5. The molecule has 4 rings (SSSR count). The number of carbonyl (C=O) groups is 1. The molecule has 0 unspecified atom stereocenters. The van der Waals surface area contributed by atoms with Crippen LogP contribution in [-0.2, 0) is 0 Å². The fourth-order valence-electron chi connectivity index (χ4n) is 2.98. The SMILES string of the molecule is Cc1ccc(O[C@@H]2CCN(C(=O)c3cc4ccccn4c3)C2)nn1. The minimum atomic E-state index is -0.0389. The van der Waals surface area contributed by atoms with Crippen molar-refractivity contribution in [3.05, 3.63) is 60.0 Å². The Bertz CT molecular complexity index is 839. The third kappa shape index (κ3) is 2.82. The molecule has 3 aromatic rings. The Morgan fingerprint density at radius 2 is 2.17 bits per heavy atom. The maximum Gasteiger partial charge on any atom is 0.255 e. The lowest BCUT2D eigenvalue weighted by atomic mass is 10.3. The van der Waals surface area contributed by atoms with Gasteiger partial charge < -0.3 is 14.0 Å². The van der Waals surface area contributed by atoms with E-state index in [1.54, 1.807) is 0 Å². The molecule has 0 aliphatic carbocycles. The van der Waals surface area contributed by atoms with Crippen LogP contribution >= 0.6 is 0 Å². The summed E-state index contributed by atoms with van der Waals surface area (Å²) >= 11 is 0. The summed E-state index contributed by atoms with van der Waals surface area (Å²) in [5.41, 5.74) is 2.58. The molecule has 0 aromatic carbocycles. The minimum absolute atomic E-state index is 0.0389. The van der Waals surface area contributed by atoms with E-state index in [2.05, 4.69) is 10.2 Å². The highest BCUT2D eigenvalue weighted by molar-refractivity contribution is 5.95. The van der Waals surface area contributed by atoms with Crippen LogP contribution in [0.5, 0.6) is 5.88 Å². The number of pyridine rings is 1. The molecule has 122 valence electrons. The quantitative estimate of drug-likeness (QED) is 0.742. The lowest BCUT2D eigenvalue weighted by molar-refractivity contribution is 0.0771. The first-order valence-electron chi connectivity index (χ1n) is 8.02. The van der Waals surface area contributed by atoms with Crippen molar-refractivity contribution in [1.82, 2.24) is 19.5 Å². The van der Waals surface area contributed by atoms with Crippen LogP contribution in [-0.4, -0.2) is 44.6 Å². The maximum atomic E-state index is 12.7. The second kappa shape index (κ2) is 5.96. The van der Waals surface area contributed by atoms with E-state index in [4.69, 9.17) is 4.74 Å². The molecule has 3 aromatic heterocycles. The van der Waals surface area contributed by atoms with Gasteiger partial charge >= 0.3 is 0 Å². The molecule has 4 heterocycles. The van der Waals surface area contributed by atoms with Crippen molar-refractivity contribution in [2.24, 2.45) is 0 Å². The van der Waals surface area contributed by atoms with Gasteiger partial charge in [0.05, 0.1) is 17.8 Å². The van der Waals surface area contributed by atoms with Crippen LogP contribution in [0.25, 0.3) is 5.52 Å². The fraction of sp³-hybridized carbons (Fsp3) is 0.278. The van der Waals surface area contributed by atoms with Crippen LogP contribution in [0, 0.1) is 6.92 Å². The molecule has 1 aliphatic heterocycles. The van der Waals surface area contributed by atoms with E-state index in [0.717, 1.165) is 17.6 Å². The van der Waals surface area contributed by atoms with Gasteiger partial charge in [-0.05, 0) is 31.2 Å². The molecule has 1 fully saturated rings. The number of rotatable bonds is 3. The molecule has 0 saturated carbocycles. The second-order valence-electron chi connectivity index (χ2n) is 6.05. The van der Waals surface area contributed by atoms with Crippen molar-refractivity contribution in [2.45, 2.75) is 19.4 Å². The molecular formula is C18H18N4O2. The molecule has 1 aliphatic rings. The first-order chi connectivity index (χ1) is 11.7.